The summed E-state index contributed by atoms with van der Waals surface area (Å²) in [5.41, 5.74) is -0.256. The van der Waals surface area contributed by atoms with Gasteiger partial charge in [-0.05, 0) is 25.2 Å². The highest BCUT2D eigenvalue weighted by Gasteiger charge is 2.45. The molecule has 2 atom stereocenters. The molecular formula is C11H15NO. The molecule has 2 aliphatic carbocycles. The smallest absolute Gasteiger partial charge is 0.134 e. The Bertz CT molecular complexity index is 266. The van der Waals surface area contributed by atoms with E-state index in [-0.39, 0.29) is 5.41 Å². The highest BCUT2D eigenvalue weighted by molar-refractivity contribution is 5.80. The number of nitriles is 1. The molecule has 0 spiro atoms. The number of hydrogen-bond donors (Lipinski definition) is 0. The number of rotatable bonds is 0. The zero-order chi connectivity index (χ0) is 9.31. The second-order valence-electron chi connectivity index (χ2n) is 4.46. The van der Waals surface area contributed by atoms with Crippen molar-refractivity contribution in [2.75, 3.05) is 0 Å². The van der Waals surface area contributed by atoms with E-state index >= 15 is 0 Å². The minimum absolute atomic E-state index is 0.256. The van der Waals surface area contributed by atoms with E-state index < -0.39 is 0 Å². The Balaban J connectivity index is 2.22. The highest BCUT2D eigenvalue weighted by Crippen LogP contribution is 2.48. The van der Waals surface area contributed by atoms with Crippen LogP contribution in [0.25, 0.3) is 0 Å². The molecule has 2 heteroatoms. The maximum atomic E-state index is 11.3. The summed E-state index contributed by atoms with van der Waals surface area (Å²) in [6, 6.07) is 2.43. The first kappa shape index (κ1) is 8.74. The largest absolute Gasteiger partial charge is 0.300 e. The minimum Gasteiger partial charge on any atom is -0.300 e. The van der Waals surface area contributed by atoms with E-state index in [1.165, 1.54) is 12.8 Å². The summed E-state index contributed by atoms with van der Waals surface area (Å²) in [5.74, 6) is 0.823. The first-order valence-electron chi connectivity index (χ1n) is 5.20. The molecule has 13 heavy (non-hydrogen) atoms. The normalized spacial score (nSPS) is 39.3. The molecule has 2 nitrogen and oxygen atoms in total. The van der Waals surface area contributed by atoms with Gasteiger partial charge in [0.2, 0.25) is 0 Å². The van der Waals surface area contributed by atoms with E-state index in [1.54, 1.807) is 0 Å². The van der Waals surface area contributed by atoms with Gasteiger partial charge in [-0.2, -0.15) is 5.26 Å². The van der Waals surface area contributed by atoms with Crippen molar-refractivity contribution in [1.29, 1.82) is 5.26 Å². The van der Waals surface area contributed by atoms with Crippen molar-refractivity contribution in [2.45, 2.75) is 44.9 Å². The summed E-state index contributed by atoms with van der Waals surface area (Å²) in [7, 11) is 0. The number of nitrogens with zero attached hydrogens (tertiary/aromatic N) is 1. The Kier molecular flexibility index (Phi) is 2.11. The first-order chi connectivity index (χ1) is 6.27. The number of carbonyl (C=O) groups excluding carboxylic acids is 1. The van der Waals surface area contributed by atoms with E-state index in [9.17, 15) is 10.1 Å². The molecule has 0 bridgehead atoms. The van der Waals surface area contributed by atoms with Gasteiger partial charge in [0.05, 0.1) is 11.5 Å². The molecule has 0 aromatic heterocycles. The van der Waals surface area contributed by atoms with E-state index in [1.807, 2.05) is 0 Å². The molecule has 0 heterocycles. The molecular weight excluding hydrogens is 162 g/mol. The monoisotopic (exact) mass is 177 g/mol. The fraction of sp³-hybridized carbons (Fsp3) is 0.818. The van der Waals surface area contributed by atoms with Crippen molar-refractivity contribution in [3.05, 3.63) is 0 Å². The maximum absolute atomic E-state index is 11.3. The molecule has 0 radical (unpaired) electrons. The van der Waals surface area contributed by atoms with E-state index in [0.717, 1.165) is 19.3 Å². The van der Waals surface area contributed by atoms with Crippen LogP contribution >= 0.6 is 0 Å². The number of carbonyl (C=O) groups is 1. The van der Waals surface area contributed by atoms with Crippen molar-refractivity contribution in [2.24, 2.45) is 11.3 Å². The van der Waals surface area contributed by atoms with Gasteiger partial charge >= 0.3 is 0 Å². The number of fused-ring (bicyclic) bond motifs is 1. The molecule has 70 valence electrons. The van der Waals surface area contributed by atoms with E-state index in [2.05, 4.69) is 6.07 Å². The highest BCUT2D eigenvalue weighted by atomic mass is 16.1. The van der Waals surface area contributed by atoms with Crippen LogP contribution in [0.15, 0.2) is 0 Å². The van der Waals surface area contributed by atoms with Crippen LogP contribution in [0.1, 0.15) is 44.9 Å². The molecule has 2 aliphatic rings. The Morgan fingerprint density at radius 2 is 2.23 bits per heavy atom. The molecule has 2 rings (SSSR count). The Morgan fingerprint density at radius 1 is 1.38 bits per heavy atom. The van der Waals surface area contributed by atoms with E-state index in [4.69, 9.17) is 0 Å². The van der Waals surface area contributed by atoms with Gasteiger partial charge in [0.25, 0.3) is 0 Å². The van der Waals surface area contributed by atoms with Gasteiger partial charge in [0.1, 0.15) is 5.78 Å². The Labute approximate surface area is 78.9 Å². The third-order valence-electron chi connectivity index (χ3n) is 3.71. The van der Waals surface area contributed by atoms with Gasteiger partial charge in [-0.1, -0.05) is 12.8 Å². The molecule has 1 unspecified atom stereocenters. The Hall–Kier alpha value is -0.840. The number of ketones is 1. The fourth-order valence-corrected chi connectivity index (χ4v) is 2.93. The van der Waals surface area contributed by atoms with Gasteiger partial charge in [-0.3, -0.25) is 4.79 Å². The van der Waals surface area contributed by atoms with Crippen LogP contribution in [-0.2, 0) is 4.79 Å². The van der Waals surface area contributed by atoms with Gasteiger partial charge < -0.3 is 0 Å². The predicted octanol–water partition coefficient (Wildman–Crippen LogP) is 2.44. The molecule has 2 saturated carbocycles. The summed E-state index contributed by atoms with van der Waals surface area (Å²) >= 11 is 0. The lowest BCUT2D eigenvalue weighted by atomic mass is 9.60. The van der Waals surface area contributed by atoms with Gasteiger partial charge in [-0.15, -0.1) is 0 Å². The van der Waals surface area contributed by atoms with Crippen LogP contribution in [0.4, 0.5) is 0 Å². The third kappa shape index (κ3) is 1.37. The second kappa shape index (κ2) is 3.14. The van der Waals surface area contributed by atoms with Crippen molar-refractivity contribution >= 4 is 5.78 Å². The average molecular weight is 177 g/mol. The summed E-state index contributed by atoms with van der Waals surface area (Å²) < 4.78 is 0. The number of Topliss-reactive ketones (excluding diaryl/α,β-unsaturated/α-hetero) is 1. The lowest BCUT2D eigenvalue weighted by Gasteiger charge is -2.41. The van der Waals surface area contributed by atoms with Gasteiger partial charge in [0.15, 0.2) is 0 Å². The van der Waals surface area contributed by atoms with Crippen LogP contribution in [-0.4, -0.2) is 5.78 Å². The van der Waals surface area contributed by atoms with E-state index in [0.29, 0.717) is 24.5 Å². The van der Waals surface area contributed by atoms with Gasteiger partial charge in [0, 0.05) is 12.8 Å². The Morgan fingerprint density at radius 3 is 3.00 bits per heavy atom. The van der Waals surface area contributed by atoms with Crippen LogP contribution in [0, 0.1) is 22.7 Å². The van der Waals surface area contributed by atoms with Crippen molar-refractivity contribution in [3.63, 3.8) is 0 Å². The van der Waals surface area contributed by atoms with Crippen molar-refractivity contribution in [3.8, 4) is 6.07 Å². The fourth-order valence-electron chi connectivity index (χ4n) is 2.93. The zero-order valence-electron chi connectivity index (χ0n) is 7.88. The summed E-state index contributed by atoms with van der Waals surface area (Å²) in [4.78, 5) is 11.3. The quantitative estimate of drug-likeness (QED) is 0.570. The SMILES string of the molecule is N#CC12CCCC[C@H]1CCC(=O)C2. The van der Waals surface area contributed by atoms with Crippen molar-refractivity contribution < 1.29 is 4.79 Å². The lowest BCUT2D eigenvalue weighted by Crippen LogP contribution is -2.38. The third-order valence-corrected chi connectivity index (χ3v) is 3.71. The summed E-state index contributed by atoms with van der Waals surface area (Å²) in [6.45, 7) is 0. The summed E-state index contributed by atoms with van der Waals surface area (Å²) in [6.07, 6.45) is 6.73. The summed E-state index contributed by atoms with van der Waals surface area (Å²) in [5, 5.41) is 9.19. The van der Waals surface area contributed by atoms with Gasteiger partial charge in [-0.25, -0.2) is 0 Å². The number of hydrogen-bond acceptors (Lipinski definition) is 2. The molecule has 0 aromatic carbocycles. The topological polar surface area (TPSA) is 40.9 Å². The lowest BCUT2D eigenvalue weighted by molar-refractivity contribution is -0.125. The standard InChI is InChI=1S/C11H15NO/c12-8-11-6-2-1-3-9(11)4-5-10(13)7-11/h9H,1-7H2/t9-,11?/m0/s1. The van der Waals surface area contributed by atoms with Crippen LogP contribution in [0.2, 0.25) is 0 Å². The predicted molar refractivity (Wildman–Crippen MR) is 48.9 cm³/mol. The second-order valence-corrected chi connectivity index (χ2v) is 4.46. The first-order valence-corrected chi connectivity index (χ1v) is 5.20. The van der Waals surface area contributed by atoms with Crippen LogP contribution in [0.3, 0.4) is 0 Å². The minimum atomic E-state index is -0.256. The molecule has 0 N–H and O–H groups in total. The van der Waals surface area contributed by atoms with Crippen LogP contribution in [0.5, 0.6) is 0 Å². The molecule has 0 aliphatic heterocycles. The van der Waals surface area contributed by atoms with Crippen molar-refractivity contribution in [1.82, 2.24) is 0 Å². The molecule has 0 saturated heterocycles. The average Bonchev–Trinajstić information content (AvgIpc) is 2.17. The molecule has 2 fully saturated rings. The zero-order valence-corrected chi connectivity index (χ0v) is 7.88. The van der Waals surface area contributed by atoms with Crippen LogP contribution < -0.4 is 0 Å². The molecule has 0 amide bonds. The molecule has 0 aromatic rings. The maximum Gasteiger partial charge on any atom is 0.134 e.